The summed E-state index contributed by atoms with van der Waals surface area (Å²) in [4.78, 5) is 26.5. The summed E-state index contributed by atoms with van der Waals surface area (Å²) in [5.74, 6) is 0.400. The van der Waals surface area contributed by atoms with Crippen LogP contribution in [0.2, 0.25) is 0 Å². The molecular weight excluding hydrogens is 486 g/mol. The lowest BCUT2D eigenvalue weighted by molar-refractivity contribution is 0.0105. The van der Waals surface area contributed by atoms with Crippen LogP contribution in [0.3, 0.4) is 0 Å². The van der Waals surface area contributed by atoms with Crippen molar-refractivity contribution in [1.29, 1.82) is 5.26 Å². The molecule has 0 spiro atoms. The number of rotatable bonds is 6. The average Bonchev–Trinajstić information content (AvgIpc) is 3.42. The Morgan fingerprint density at radius 1 is 1.21 bits per heavy atom. The second-order valence-electron chi connectivity index (χ2n) is 10.6. The SMILES string of the molecule is Cc1noc(C)c1-c1ccc(Nc2nn(C3(CC#N)CCN(C(=O)OC(C)(C)C)CC3)cc2C(N)=O)cc1. The summed E-state index contributed by atoms with van der Waals surface area (Å²) in [6.45, 7) is 10.0. The first-order valence-corrected chi connectivity index (χ1v) is 12.5. The third-order valence-electron chi connectivity index (χ3n) is 6.69. The Labute approximate surface area is 221 Å². The fourth-order valence-electron chi connectivity index (χ4n) is 4.71. The molecule has 11 heteroatoms. The van der Waals surface area contributed by atoms with Gasteiger partial charge in [-0.1, -0.05) is 17.3 Å². The molecule has 4 rings (SSSR count). The molecular formula is C27H33N7O4. The van der Waals surface area contributed by atoms with Crippen LogP contribution in [0, 0.1) is 25.2 Å². The van der Waals surface area contributed by atoms with Crippen LogP contribution in [0.4, 0.5) is 16.3 Å². The fourth-order valence-corrected chi connectivity index (χ4v) is 4.71. The van der Waals surface area contributed by atoms with E-state index in [1.807, 2.05) is 58.9 Å². The van der Waals surface area contributed by atoms with Crippen molar-refractivity contribution in [3.63, 3.8) is 0 Å². The van der Waals surface area contributed by atoms with E-state index in [1.54, 1.807) is 15.8 Å². The minimum atomic E-state index is -0.690. The highest BCUT2D eigenvalue weighted by atomic mass is 16.6. The van der Waals surface area contributed by atoms with E-state index in [0.29, 0.717) is 37.4 Å². The van der Waals surface area contributed by atoms with Crippen LogP contribution in [0.5, 0.6) is 0 Å². The molecule has 3 aromatic rings. The van der Waals surface area contributed by atoms with Crippen molar-refractivity contribution in [2.24, 2.45) is 5.73 Å². The average molecular weight is 520 g/mol. The van der Waals surface area contributed by atoms with E-state index in [-0.39, 0.29) is 18.1 Å². The Balaban J connectivity index is 1.57. The van der Waals surface area contributed by atoms with Gasteiger partial charge in [0.15, 0.2) is 5.82 Å². The number of hydrogen-bond donors (Lipinski definition) is 2. The molecule has 1 saturated heterocycles. The van der Waals surface area contributed by atoms with Gasteiger partial charge in [0.1, 0.15) is 16.9 Å². The van der Waals surface area contributed by atoms with Crippen LogP contribution in [-0.4, -0.2) is 50.5 Å². The number of nitrogens with one attached hydrogen (secondary N) is 1. The zero-order chi connectivity index (χ0) is 27.7. The third-order valence-corrected chi connectivity index (χ3v) is 6.69. The molecule has 1 aliphatic heterocycles. The van der Waals surface area contributed by atoms with E-state index in [2.05, 4.69) is 21.6 Å². The molecule has 2 amide bonds. The molecule has 0 aliphatic carbocycles. The summed E-state index contributed by atoms with van der Waals surface area (Å²) in [7, 11) is 0. The monoisotopic (exact) mass is 519 g/mol. The van der Waals surface area contributed by atoms with Gasteiger partial charge < -0.3 is 25.2 Å². The van der Waals surface area contributed by atoms with Gasteiger partial charge in [-0.3, -0.25) is 9.48 Å². The molecule has 11 nitrogen and oxygen atoms in total. The van der Waals surface area contributed by atoms with Crippen LogP contribution in [0.25, 0.3) is 11.1 Å². The van der Waals surface area contributed by atoms with Crippen LogP contribution < -0.4 is 11.1 Å². The second kappa shape index (κ2) is 10.2. The van der Waals surface area contributed by atoms with Gasteiger partial charge in [-0.25, -0.2) is 4.79 Å². The highest BCUT2D eigenvalue weighted by molar-refractivity contribution is 5.98. The summed E-state index contributed by atoms with van der Waals surface area (Å²) in [6.07, 6.45) is 2.32. The van der Waals surface area contributed by atoms with Crippen molar-refractivity contribution in [3.05, 3.63) is 47.5 Å². The molecule has 0 radical (unpaired) electrons. The van der Waals surface area contributed by atoms with Gasteiger partial charge >= 0.3 is 6.09 Å². The first-order valence-electron chi connectivity index (χ1n) is 12.5. The standard InChI is InChI=1S/C27H33N7O4/c1-17-22(18(2)38-32-17)19-6-8-20(9-7-19)30-24-21(23(29)35)16-34(31-24)27(10-13-28)11-14-33(15-12-27)25(36)37-26(3,4)5/h6-9,16H,10-12,14-15H2,1-5H3,(H2,29,35)(H,30,31). The van der Waals surface area contributed by atoms with Crippen molar-refractivity contribution in [3.8, 4) is 17.2 Å². The molecule has 0 saturated carbocycles. The van der Waals surface area contributed by atoms with E-state index in [1.165, 1.54) is 0 Å². The van der Waals surface area contributed by atoms with Gasteiger partial charge in [0.25, 0.3) is 5.91 Å². The lowest BCUT2D eigenvalue weighted by Crippen LogP contribution is -2.49. The Kier molecular flexibility index (Phi) is 7.18. The summed E-state index contributed by atoms with van der Waals surface area (Å²) in [5, 5.41) is 21.5. The van der Waals surface area contributed by atoms with Crippen molar-refractivity contribution in [2.75, 3.05) is 18.4 Å². The maximum atomic E-state index is 12.5. The molecule has 1 aliphatic rings. The Morgan fingerprint density at radius 3 is 2.39 bits per heavy atom. The van der Waals surface area contributed by atoms with Crippen LogP contribution in [-0.2, 0) is 10.3 Å². The number of piperidine rings is 1. The number of benzene rings is 1. The number of carbonyl (C=O) groups excluding carboxylic acids is 2. The molecule has 1 aromatic carbocycles. The van der Waals surface area contributed by atoms with Gasteiger partial charge in [0, 0.05) is 30.5 Å². The van der Waals surface area contributed by atoms with E-state index in [0.717, 1.165) is 22.6 Å². The molecule has 2 aromatic heterocycles. The van der Waals surface area contributed by atoms with Gasteiger partial charge in [-0.15, -0.1) is 0 Å². The first-order chi connectivity index (χ1) is 17.9. The molecule has 0 unspecified atom stereocenters. The molecule has 1 fully saturated rings. The third kappa shape index (κ3) is 5.49. The molecule has 38 heavy (non-hydrogen) atoms. The number of hydrogen-bond acceptors (Lipinski definition) is 8. The van der Waals surface area contributed by atoms with Crippen LogP contribution in [0.15, 0.2) is 35.0 Å². The molecule has 0 bridgehead atoms. The second-order valence-corrected chi connectivity index (χ2v) is 10.6. The number of nitrogens with zero attached hydrogens (tertiary/aromatic N) is 5. The van der Waals surface area contributed by atoms with Crippen molar-refractivity contribution in [2.45, 2.75) is 65.0 Å². The van der Waals surface area contributed by atoms with Crippen LogP contribution in [0.1, 0.15) is 61.8 Å². The number of nitriles is 1. The minimum Gasteiger partial charge on any atom is -0.444 e. The maximum absolute atomic E-state index is 12.5. The largest absolute Gasteiger partial charge is 0.444 e. The first kappa shape index (κ1) is 26.7. The molecule has 3 N–H and O–H groups in total. The highest BCUT2D eigenvalue weighted by Crippen LogP contribution is 2.36. The summed E-state index contributed by atoms with van der Waals surface area (Å²) < 4.78 is 12.4. The number of aromatic nitrogens is 3. The molecule has 0 atom stereocenters. The topological polar surface area (TPSA) is 152 Å². The quantitative estimate of drug-likeness (QED) is 0.478. The molecule has 3 heterocycles. The predicted molar refractivity (Wildman–Crippen MR) is 141 cm³/mol. The van der Waals surface area contributed by atoms with E-state index >= 15 is 0 Å². The normalized spacial score (nSPS) is 15.1. The molecule has 200 valence electrons. The van der Waals surface area contributed by atoms with Crippen molar-refractivity contribution < 1.29 is 18.8 Å². The van der Waals surface area contributed by atoms with Crippen molar-refractivity contribution >= 4 is 23.5 Å². The number of carbonyl (C=O) groups is 2. The van der Waals surface area contributed by atoms with E-state index in [4.69, 9.17) is 15.0 Å². The van der Waals surface area contributed by atoms with Gasteiger partial charge in [0.2, 0.25) is 0 Å². The highest BCUT2D eigenvalue weighted by Gasteiger charge is 2.40. The summed E-state index contributed by atoms with van der Waals surface area (Å²) in [5.41, 5.74) is 8.03. The minimum absolute atomic E-state index is 0.167. The summed E-state index contributed by atoms with van der Waals surface area (Å²) in [6, 6.07) is 9.85. The number of ether oxygens (including phenoxy) is 1. The Hall–Kier alpha value is -4.33. The predicted octanol–water partition coefficient (Wildman–Crippen LogP) is 4.64. The van der Waals surface area contributed by atoms with E-state index in [9.17, 15) is 14.9 Å². The zero-order valence-corrected chi connectivity index (χ0v) is 22.4. The van der Waals surface area contributed by atoms with Gasteiger partial charge in [0.05, 0.1) is 23.7 Å². The summed E-state index contributed by atoms with van der Waals surface area (Å²) >= 11 is 0. The Bertz CT molecular complexity index is 1350. The van der Waals surface area contributed by atoms with Crippen molar-refractivity contribution in [1.82, 2.24) is 19.8 Å². The lowest BCUT2D eigenvalue weighted by Gasteiger charge is -2.40. The maximum Gasteiger partial charge on any atom is 0.410 e. The lowest BCUT2D eigenvalue weighted by atomic mass is 9.85. The van der Waals surface area contributed by atoms with Gasteiger partial charge in [-0.05, 0) is 65.2 Å². The van der Waals surface area contributed by atoms with E-state index < -0.39 is 17.0 Å². The van der Waals surface area contributed by atoms with Gasteiger partial charge in [-0.2, -0.15) is 10.4 Å². The van der Waals surface area contributed by atoms with Crippen LogP contribution >= 0.6 is 0 Å². The Morgan fingerprint density at radius 2 is 1.87 bits per heavy atom. The number of aryl methyl sites for hydroxylation is 2. The fraction of sp³-hybridized carbons (Fsp3) is 0.444. The number of nitrogens with two attached hydrogens (primary N) is 1. The number of anilines is 2. The zero-order valence-electron chi connectivity index (χ0n) is 22.4. The number of amides is 2. The number of likely N-dealkylation sites (tertiary alicyclic amines) is 1. The number of primary amides is 1. The smallest absolute Gasteiger partial charge is 0.410 e.